The molecular weight excluding hydrogens is 243 g/mol. The molecule has 0 aliphatic heterocycles. The van der Waals surface area contributed by atoms with E-state index in [1.54, 1.807) is 4.90 Å². The third-order valence-corrected chi connectivity index (χ3v) is 2.65. The number of nitrogens with zero attached hydrogens (tertiary/aromatic N) is 1. The molecule has 0 spiro atoms. The monoisotopic (exact) mass is 259 g/mol. The average molecular weight is 259 g/mol. The molecule has 0 saturated carbocycles. The summed E-state index contributed by atoms with van der Waals surface area (Å²) < 4.78 is 40.1. The molecule has 0 aromatic rings. The van der Waals surface area contributed by atoms with E-state index in [1.165, 1.54) is 7.11 Å². The Kier molecular flexibility index (Phi) is 6.82. The van der Waals surface area contributed by atoms with Crippen molar-refractivity contribution < 1.29 is 22.7 Å². The van der Waals surface area contributed by atoms with Gasteiger partial charge in [0.1, 0.15) is 0 Å². The summed E-state index contributed by atoms with van der Waals surface area (Å²) in [6.07, 6.45) is 0. The van der Waals surface area contributed by atoms with E-state index in [2.05, 4.69) is 4.74 Å². The molecule has 0 aliphatic rings. The van der Waals surface area contributed by atoms with E-state index in [0.717, 1.165) is 0 Å². The van der Waals surface area contributed by atoms with Gasteiger partial charge in [-0.05, 0) is 25.6 Å². The number of alkyl halides is 3. The first-order chi connectivity index (χ1) is 7.26. The molecule has 96 valence electrons. The van der Waals surface area contributed by atoms with Crippen LogP contribution >= 0.6 is 11.8 Å². The lowest BCUT2D eigenvalue weighted by atomic mass is 10.3. The van der Waals surface area contributed by atoms with Crippen molar-refractivity contribution in [1.82, 2.24) is 4.90 Å². The highest BCUT2D eigenvalue weighted by Gasteiger charge is 2.28. The molecule has 0 fully saturated rings. The number of methoxy groups -OCH3 is 1. The van der Waals surface area contributed by atoms with Crippen molar-refractivity contribution in [2.75, 3.05) is 26.0 Å². The summed E-state index contributed by atoms with van der Waals surface area (Å²) in [5, 5.41) is 0. The fourth-order valence-electron chi connectivity index (χ4n) is 1.03. The van der Waals surface area contributed by atoms with Crippen molar-refractivity contribution in [2.24, 2.45) is 0 Å². The second-order valence-electron chi connectivity index (χ2n) is 3.43. The first-order valence-electron chi connectivity index (χ1n) is 4.78. The molecule has 0 bridgehead atoms. The summed E-state index contributed by atoms with van der Waals surface area (Å²) in [5.41, 5.74) is -4.21. The second kappa shape index (κ2) is 7.01. The largest absolute Gasteiger partial charge is 0.468 e. The molecule has 0 aromatic carbocycles. The smallest absolute Gasteiger partial charge is 0.441 e. The molecule has 16 heavy (non-hydrogen) atoms. The Hall–Kier alpha value is -0.430. The summed E-state index contributed by atoms with van der Waals surface area (Å²) in [6, 6.07) is 0.00735. The number of hydrogen-bond acceptors (Lipinski definition) is 4. The number of thioether (sulfide) groups is 1. The lowest BCUT2D eigenvalue weighted by Gasteiger charge is -2.24. The Labute approximate surface area is 97.3 Å². The maximum atomic E-state index is 11.9. The van der Waals surface area contributed by atoms with Gasteiger partial charge in [-0.2, -0.15) is 13.2 Å². The highest BCUT2D eigenvalue weighted by atomic mass is 32.2. The molecule has 0 N–H and O–H groups in total. The van der Waals surface area contributed by atoms with E-state index in [-0.39, 0.29) is 36.6 Å². The van der Waals surface area contributed by atoms with Gasteiger partial charge in [-0.25, -0.2) is 0 Å². The maximum Gasteiger partial charge on any atom is 0.441 e. The van der Waals surface area contributed by atoms with Crippen molar-refractivity contribution in [3.05, 3.63) is 0 Å². The number of halogens is 3. The maximum absolute atomic E-state index is 11.9. The molecule has 0 aliphatic carbocycles. The topological polar surface area (TPSA) is 29.5 Å². The summed E-state index contributed by atoms with van der Waals surface area (Å²) in [7, 11) is 1.26. The predicted octanol–water partition coefficient (Wildman–Crippen LogP) is 2.12. The quantitative estimate of drug-likeness (QED) is 0.683. The zero-order valence-electron chi connectivity index (χ0n) is 9.50. The van der Waals surface area contributed by atoms with Crippen LogP contribution < -0.4 is 0 Å². The van der Waals surface area contributed by atoms with Gasteiger partial charge in [-0.3, -0.25) is 9.69 Å². The van der Waals surface area contributed by atoms with E-state index >= 15 is 0 Å². The van der Waals surface area contributed by atoms with Crippen molar-refractivity contribution in [2.45, 2.75) is 25.4 Å². The first-order valence-corrected chi connectivity index (χ1v) is 5.76. The second-order valence-corrected chi connectivity index (χ2v) is 4.59. The van der Waals surface area contributed by atoms with Crippen LogP contribution in [0.4, 0.5) is 13.2 Å². The van der Waals surface area contributed by atoms with Crippen molar-refractivity contribution in [3.8, 4) is 0 Å². The fourth-order valence-corrected chi connectivity index (χ4v) is 1.59. The Morgan fingerprint density at radius 2 is 2.00 bits per heavy atom. The fraction of sp³-hybridized carbons (Fsp3) is 0.889. The van der Waals surface area contributed by atoms with Crippen LogP contribution in [0.15, 0.2) is 0 Å². The van der Waals surface area contributed by atoms with E-state index in [9.17, 15) is 18.0 Å². The Bertz CT molecular complexity index is 221. The number of carbonyl (C=O) groups excluding carboxylic acids is 1. The van der Waals surface area contributed by atoms with Gasteiger partial charge in [0.25, 0.3) is 0 Å². The molecule has 3 nitrogen and oxygen atoms in total. The number of hydrogen-bond donors (Lipinski definition) is 0. The number of ether oxygens (including phenoxy) is 1. The van der Waals surface area contributed by atoms with Gasteiger partial charge < -0.3 is 4.74 Å². The molecule has 0 heterocycles. The molecule has 0 saturated heterocycles. The van der Waals surface area contributed by atoms with E-state index < -0.39 is 11.5 Å². The van der Waals surface area contributed by atoms with Gasteiger partial charge in [-0.1, -0.05) is 0 Å². The zero-order valence-corrected chi connectivity index (χ0v) is 10.3. The number of esters is 1. The molecular formula is C9H16F3NO2S. The van der Waals surface area contributed by atoms with Gasteiger partial charge in [0.2, 0.25) is 0 Å². The summed E-state index contributed by atoms with van der Waals surface area (Å²) in [4.78, 5) is 12.6. The van der Waals surface area contributed by atoms with Crippen molar-refractivity contribution in [3.63, 3.8) is 0 Å². The highest BCUT2D eigenvalue weighted by Crippen LogP contribution is 2.29. The molecule has 0 unspecified atom stereocenters. The zero-order chi connectivity index (χ0) is 12.8. The third-order valence-electron chi connectivity index (χ3n) is 1.93. The molecule has 0 atom stereocenters. The van der Waals surface area contributed by atoms with Gasteiger partial charge in [0.15, 0.2) is 0 Å². The highest BCUT2D eigenvalue weighted by molar-refractivity contribution is 8.00. The minimum absolute atomic E-state index is 0.00735. The summed E-state index contributed by atoms with van der Waals surface area (Å²) in [5.74, 6) is -0.524. The van der Waals surface area contributed by atoms with Crippen LogP contribution in [0.5, 0.6) is 0 Å². The Balaban J connectivity index is 4.00. The van der Waals surface area contributed by atoms with Gasteiger partial charge in [0.05, 0.1) is 13.7 Å². The minimum Gasteiger partial charge on any atom is -0.468 e. The van der Waals surface area contributed by atoms with E-state index in [0.29, 0.717) is 0 Å². The molecule has 0 rings (SSSR count). The number of carbonyl (C=O) groups is 1. The number of rotatable bonds is 6. The van der Waals surface area contributed by atoms with Crippen LogP contribution in [-0.2, 0) is 9.53 Å². The van der Waals surface area contributed by atoms with Crippen LogP contribution in [0.25, 0.3) is 0 Å². The SMILES string of the molecule is COC(=O)CN(CCSC(F)(F)F)C(C)C. The van der Waals surface area contributed by atoms with Crippen LogP contribution in [-0.4, -0.2) is 48.4 Å². The average Bonchev–Trinajstić information content (AvgIpc) is 2.13. The van der Waals surface area contributed by atoms with Gasteiger partial charge in [-0.15, -0.1) is 0 Å². The van der Waals surface area contributed by atoms with Crippen LogP contribution in [0.1, 0.15) is 13.8 Å². The van der Waals surface area contributed by atoms with Crippen LogP contribution in [0.2, 0.25) is 0 Å². The van der Waals surface area contributed by atoms with Crippen molar-refractivity contribution >= 4 is 17.7 Å². The van der Waals surface area contributed by atoms with Gasteiger partial charge >= 0.3 is 11.5 Å². The lowest BCUT2D eigenvalue weighted by molar-refractivity contribution is -0.142. The van der Waals surface area contributed by atoms with Crippen LogP contribution in [0.3, 0.4) is 0 Å². The standard InChI is InChI=1S/C9H16F3NO2S/c1-7(2)13(6-8(14)15-3)4-5-16-9(10,11)12/h7H,4-6H2,1-3H3. The minimum atomic E-state index is -4.21. The molecule has 0 radical (unpaired) electrons. The lowest BCUT2D eigenvalue weighted by Crippen LogP contribution is -2.38. The van der Waals surface area contributed by atoms with Gasteiger partial charge in [0, 0.05) is 18.3 Å². The van der Waals surface area contributed by atoms with Crippen LogP contribution in [0, 0.1) is 0 Å². The van der Waals surface area contributed by atoms with E-state index in [1.807, 2.05) is 13.8 Å². The van der Waals surface area contributed by atoms with E-state index in [4.69, 9.17) is 0 Å². The Morgan fingerprint density at radius 1 is 1.44 bits per heavy atom. The van der Waals surface area contributed by atoms with Crippen molar-refractivity contribution in [1.29, 1.82) is 0 Å². The molecule has 0 aromatic heterocycles. The molecule has 0 amide bonds. The molecule has 7 heteroatoms. The predicted molar refractivity (Wildman–Crippen MR) is 57.2 cm³/mol. The Morgan fingerprint density at radius 3 is 2.38 bits per heavy atom. The normalized spacial score (nSPS) is 12.2. The summed E-state index contributed by atoms with van der Waals surface area (Å²) >= 11 is -0.0798. The third kappa shape index (κ3) is 7.81. The first kappa shape index (κ1) is 15.6. The summed E-state index contributed by atoms with van der Waals surface area (Å²) in [6.45, 7) is 3.87.